The van der Waals surface area contributed by atoms with Crippen molar-refractivity contribution in [2.45, 2.75) is 91.8 Å². The topological polar surface area (TPSA) is 66.4 Å². The molecule has 1 fully saturated rings. The zero-order valence-corrected chi connectivity index (χ0v) is 28.2. The minimum atomic E-state index is -0.343. The molecule has 0 saturated heterocycles. The van der Waals surface area contributed by atoms with E-state index in [0.717, 1.165) is 77.4 Å². The van der Waals surface area contributed by atoms with Crippen LogP contribution in [0.1, 0.15) is 89.5 Å². The molecule has 240 valence electrons. The Morgan fingerprint density at radius 2 is 1.59 bits per heavy atom. The van der Waals surface area contributed by atoms with E-state index in [1.807, 2.05) is 18.2 Å². The fourth-order valence-electron chi connectivity index (χ4n) is 6.77. The van der Waals surface area contributed by atoms with Crippen LogP contribution < -0.4 is 18.9 Å². The number of methoxy groups -OCH3 is 3. The fraction of sp³-hybridized carbons (Fsp3) is 0.526. The van der Waals surface area contributed by atoms with Crippen molar-refractivity contribution < 1.29 is 28.8 Å². The van der Waals surface area contributed by atoms with Crippen LogP contribution >= 0.6 is 0 Å². The van der Waals surface area contributed by atoms with E-state index in [1.165, 1.54) is 11.1 Å². The lowest BCUT2D eigenvalue weighted by Crippen LogP contribution is -2.58. The first-order chi connectivity index (χ1) is 20.9. The van der Waals surface area contributed by atoms with Gasteiger partial charge in [-0.05, 0) is 113 Å². The van der Waals surface area contributed by atoms with Gasteiger partial charge in [0.25, 0.3) is 0 Å². The van der Waals surface area contributed by atoms with Crippen molar-refractivity contribution >= 4 is 12.2 Å². The van der Waals surface area contributed by atoms with E-state index in [-0.39, 0.29) is 29.8 Å². The number of ether oxygens (including phenoxy) is 5. The lowest BCUT2D eigenvalue weighted by Gasteiger charge is -2.55. The molecule has 2 aromatic carbocycles. The molecule has 0 aromatic heterocycles. The number of hydrogen-bond acceptors (Lipinski definition) is 6. The van der Waals surface area contributed by atoms with E-state index < -0.39 is 0 Å². The maximum atomic E-state index is 10.8. The van der Waals surface area contributed by atoms with E-state index in [9.17, 15) is 5.11 Å². The second kappa shape index (κ2) is 14.3. The maximum absolute atomic E-state index is 10.8. The van der Waals surface area contributed by atoms with Crippen molar-refractivity contribution in [3.63, 3.8) is 0 Å². The Bertz CT molecular complexity index is 1400. The van der Waals surface area contributed by atoms with Gasteiger partial charge >= 0.3 is 0 Å². The van der Waals surface area contributed by atoms with Crippen molar-refractivity contribution in [1.29, 1.82) is 0 Å². The lowest BCUT2D eigenvalue weighted by molar-refractivity contribution is -0.138. The minimum Gasteiger partial charge on any atom is -0.496 e. The van der Waals surface area contributed by atoms with Gasteiger partial charge in [0.15, 0.2) is 18.3 Å². The molecule has 1 aliphatic heterocycles. The quantitative estimate of drug-likeness (QED) is 0.149. The third-order valence-electron chi connectivity index (χ3n) is 9.50. The van der Waals surface area contributed by atoms with Gasteiger partial charge in [-0.2, -0.15) is 0 Å². The standard InChI is InChI=1S/C38H52O6/c1-25(2)11-10-12-26(3)13-16-30-31(41-8)20-28(21-32(30)43-24-40-7)15-14-27-19-29-23-34-37(4,5)35(39)17-18-38(34,6)44-36(29)33(22-27)42-9/h11,13-15,19-22,34-35,39H,10,12,16-18,23-24H2,1-9H3/b15-14+,26-13+/t34-,35-,38-/m1/s1. The van der Waals surface area contributed by atoms with Crippen molar-refractivity contribution in [2.75, 3.05) is 28.1 Å². The second-order valence-electron chi connectivity index (χ2n) is 13.4. The fourth-order valence-corrected chi connectivity index (χ4v) is 6.77. The summed E-state index contributed by atoms with van der Waals surface area (Å²) in [6.07, 6.45) is 13.5. The van der Waals surface area contributed by atoms with Gasteiger partial charge in [0.1, 0.15) is 17.1 Å². The monoisotopic (exact) mass is 604 g/mol. The Morgan fingerprint density at radius 3 is 2.25 bits per heavy atom. The molecule has 1 saturated carbocycles. The summed E-state index contributed by atoms with van der Waals surface area (Å²) < 4.78 is 29.7. The van der Waals surface area contributed by atoms with Gasteiger partial charge in [-0.15, -0.1) is 0 Å². The van der Waals surface area contributed by atoms with Crippen LogP contribution in [0.4, 0.5) is 0 Å². The molecule has 2 aliphatic rings. The number of allylic oxidation sites excluding steroid dienone is 4. The molecule has 44 heavy (non-hydrogen) atoms. The summed E-state index contributed by atoms with van der Waals surface area (Å²) in [7, 11) is 5.01. The Kier molecular flexibility index (Phi) is 10.9. The van der Waals surface area contributed by atoms with Crippen LogP contribution in [-0.4, -0.2) is 44.9 Å². The van der Waals surface area contributed by atoms with Gasteiger partial charge in [0.05, 0.1) is 20.3 Å². The van der Waals surface area contributed by atoms with Crippen LogP contribution in [0.25, 0.3) is 12.2 Å². The minimum absolute atomic E-state index is 0.153. The van der Waals surface area contributed by atoms with Crippen molar-refractivity contribution in [2.24, 2.45) is 11.3 Å². The molecule has 4 rings (SSSR count). The summed E-state index contributed by atoms with van der Waals surface area (Å²) in [6.45, 7) is 13.1. The Balaban J connectivity index is 1.63. The zero-order chi connectivity index (χ0) is 32.1. The number of aliphatic hydroxyl groups excluding tert-OH is 1. The molecule has 0 spiro atoms. The highest BCUT2D eigenvalue weighted by molar-refractivity contribution is 5.74. The average Bonchev–Trinajstić information content (AvgIpc) is 2.99. The Morgan fingerprint density at radius 1 is 0.932 bits per heavy atom. The number of aliphatic hydroxyl groups is 1. The van der Waals surface area contributed by atoms with E-state index in [2.05, 4.69) is 71.9 Å². The normalized spacial score (nSPS) is 22.5. The van der Waals surface area contributed by atoms with Crippen LogP contribution in [0.15, 0.2) is 47.6 Å². The first kappa shape index (κ1) is 33.7. The highest BCUT2D eigenvalue weighted by atomic mass is 16.7. The van der Waals surface area contributed by atoms with Gasteiger partial charge in [-0.3, -0.25) is 0 Å². The van der Waals surface area contributed by atoms with Crippen LogP contribution in [0.2, 0.25) is 0 Å². The molecular weight excluding hydrogens is 552 g/mol. The molecule has 0 unspecified atom stereocenters. The first-order valence-electron chi connectivity index (χ1n) is 15.8. The molecular formula is C38H52O6. The molecule has 2 aromatic rings. The molecule has 0 radical (unpaired) electrons. The van der Waals surface area contributed by atoms with E-state index >= 15 is 0 Å². The van der Waals surface area contributed by atoms with Gasteiger partial charge in [0.2, 0.25) is 0 Å². The van der Waals surface area contributed by atoms with Crippen molar-refractivity contribution in [3.8, 4) is 23.0 Å². The third-order valence-corrected chi connectivity index (χ3v) is 9.50. The summed E-state index contributed by atoms with van der Waals surface area (Å²) in [5, 5.41) is 10.8. The Labute approximate surface area is 264 Å². The summed E-state index contributed by atoms with van der Waals surface area (Å²) >= 11 is 0. The average molecular weight is 605 g/mol. The lowest BCUT2D eigenvalue weighted by atomic mass is 9.57. The van der Waals surface area contributed by atoms with Crippen molar-refractivity contribution in [3.05, 3.63) is 69.8 Å². The number of benzene rings is 2. The van der Waals surface area contributed by atoms with E-state index in [0.29, 0.717) is 6.42 Å². The molecule has 1 heterocycles. The number of hydrogen-bond donors (Lipinski definition) is 1. The molecule has 6 nitrogen and oxygen atoms in total. The van der Waals surface area contributed by atoms with E-state index in [4.69, 9.17) is 23.7 Å². The summed E-state index contributed by atoms with van der Waals surface area (Å²) in [5.74, 6) is 3.27. The van der Waals surface area contributed by atoms with Crippen LogP contribution in [0.5, 0.6) is 23.0 Å². The predicted octanol–water partition coefficient (Wildman–Crippen LogP) is 8.58. The summed E-state index contributed by atoms with van der Waals surface area (Å²) in [5.41, 5.74) is 6.17. The smallest absolute Gasteiger partial charge is 0.188 e. The first-order valence-corrected chi connectivity index (χ1v) is 15.8. The predicted molar refractivity (Wildman–Crippen MR) is 179 cm³/mol. The van der Waals surface area contributed by atoms with Crippen LogP contribution in [0.3, 0.4) is 0 Å². The molecule has 1 aliphatic carbocycles. The second-order valence-corrected chi connectivity index (χ2v) is 13.4. The number of fused-ring (bicyclic) bond motifs is 2. The van der Waals surface area contributed by atoms with E-state index in [1.54, 1.807) is 21.3 Å². The largest absolute Gasteiger partial charge is 0.496 e. The Hall–Kier alpha value is -3.22. The number of rotatable bonds is 12. The van der Waals surface area contributed by atoms with Crippen LogP contribution in [-0.2, 0) is 17.6 Å². The zero-order valence-electron chi connectivity index (χ0n) is 28.2. The molecule has 0 amide bonds. The maximum Gasteiger partial charge on any atom is 0.188 e. The SMILES string of the molecule is COCOc1cc(/C=C/c2cc3c(c(OC)c2)O[C@]2(C)CC[C@@H](O)C(C)(C)[C@H]2C3)cc(OC)c1C/C=C(\C)CCC=C(C)C. The van der Waals surface area contributed by atoms with Gasteiger partial charge in [-0.25, -0.2) is 0 Å². The molecule has 0 bridgehead atoms. The molecule has 3 atom stereocenters. The summed E-state index contributed by atoms with van der Waals surface area (Å²) in [6, 6.07) is 8.30. The van der Waals surface area contributed by atoms with Crippen molar-refractivity contribution in [1.82, 2.24) is 0 Å². The summed E-state index contributed by atoms with van der Waals surface area (Å²) in [4.78, 5) is 0. The van der Waals surface area contributed by atoms with Gasteiger partial charge in [-0.1, -0.05) is 49.3 Å². The molecule has 1 N–H and O–H groups in total. The molecule has 6 heteroatoms. The highest BCUT2D eigenvalue weighted by Gasteiger charge is 2.54. The third kappa shape index (κ3) is 7.52. The van der Waals surface area contributed by atoms with Crippen LogP contribution in [0, 0.1) is 11.3 Å². The highest BCUT2D eigenvalue weighted by Crippen LogP contribution is 2.55. The van der Waals surface area contributed by atoms with Gasteiger partial charge < -0.3 is 28.8 Å². The van der Waals surface area contributed by atoms with Gasteiger partial charge in [0, 0.05) is 18.6 Å².